The van der Waals surface area contributed by atoms with Crippen LogP contribution < -0.4 is 15.6 Å². The lowest BCUT2D eigenvalue weighted by molar-refractivity contribution is -0.139. The number of amides is 2. The number of aromatic nitrogens is 3. The molecule has 8 rings (SSSR count). The minimum atomic E-state index is -0.361. The van der Waals surface area contributed by atoms with Crippen LogP contribution >= 0.6 is 0 Å². The van der Waals surface area contributed by atoms with Crippen molar-refractivity contribution in [1.82, 2.24) is 40.7 Å². The predicted octanol–water partition coefficient (Wildman–Crippen LogP) is 4.15. The first-order valence-corrected chi connectivity index (χ1v) is 18.3. The lowest BCUT2D eigenvalue weighted by Crippen LogP contribution is -2.47. The van der Waals surface area contributed by atoms with Gasteiger partial charge in [0.2, 0.25) is 29.5 Å². The fourth-order valence-electron chi connectivity index (χ4n) is 8.89. The number of likely N-dealkylation sites (tertiary alicyclic amines) is 2. The molecule has 4 aliphatic heterocycles. The van der Waals surface area contributed by atoms with Crippen molar-refractivity contribution in [3.63, 3.8) is 0 Å². The molecular formula is C38H48N8O4. The second-order valence-corrected chi connectivity index (χ2v) is 15.1. The SMILES string of the molecule is Cc1nnc(-c2ccc(C3=CCN(C(=O)CN4CC[C@]5(CCN(C6CCC7NNC(c8ccc(OC(C)C)nc8)C7C6)C5=O)C4)CC3)cc2)o1. The number of ether oxygens (including phenoxy) is 1. The monoisotopic (exact) mass is 680 g/mol. The van der Waals surface area contributed by atoms with Crippen LogP contribution in [0.25, 0.3) is 17.0 Å². The van der Waals surface area contributed by atoms with E-state index in [1.165, 1.54) is 5.57 Å². The van der Waals surface area contributed by atoms with E-state index in [1.54, 1.807) is 6.92 Å². The van der Waals surface area contributed by atoms with Gasteiger partial charge < -0.3 is 19.0 Å². The van der Waals surface area contributed by atoms with E-state index < -0.39 is 0 Å². The van der Waals surface area contributed by atoms with Crippen LogP contribution in [0.3, 0.4) is 0 Å². The molecule has 5 aliphatic rings. The molecule has 1 aliphatic carbocycles. The molecule has 4 unspecified atom stereocenters. The molecule has 1 saturated carbocycles. The fraction of sp³-hybridized carbons (Fsp3) is 0.553. The van der Waals surface area contributed by atoms with Gasteiger partial charge in [-0.25, -0.2) is 10.4 Å². The molecule has 2 aromatic heterocycles. The highest BCUT2D eigenvalue weighted by molar-refractivity contribution is 5.86. The standard InChI is InChI=1S/C38H48N8O4/c1-24(2)49-33-11-8-29(21-39-33)35-31-20-30(9-10-32(31)41-42-35)46-19-15-38(37(46)48)14-18-44(23-38)22-34(47)45-16-12-27(13-17-45)26-4-6-28(7-5-26)36-43-40-25(3)50-36/h4-8,11-12,21,24,30-32,35,41-42H,9-10,13-20,22-23H2,1-3H3/t30?,31?,32?,35?,38-/m0/s1. The van der Waals surface area contributed by atoms with Gasteiger partial charge in [0.05, 0.1) is 24.1 Å². The van der Waals surface area contributed by atoms with Crippen LogP contribution in [0, 0.1) is 18.3 Å². The van der Waals surface area contributed by atoms with Crippen LogP contribution in [0.4, 0.5) is 0 Å². The van der Waals surface area contributed by atoms with E-state index >= 15 is 0 Å². The summed E-state index contributed by atoms with van der Waals surface area (Å²) in [5, 5.41) is 8.02. The number of nitrogens with one attached hydrogen (secondary N) is 2. The van der Waals surface area contributed by atoms with Crippen molar-refractivity contribution in [2.45, 2.75) is 83.5 Å². The molecule has 0 bridgehead atoms. The van der Waals surface area contributed by atoms with Gasteiger partial charge in [0.15, 0.2) is 0 Å². The van der Waals surface area contributed by atoms with E-state index in [9.17, 15) is 9.59 Å². The van der Waals surface area contributed by atoms with Crippen molar-refractivity contribution >= 4 is 17.4 Å². The van der Waals surface area contributed by atoms with Gasteiger partial charge in [-0.2, -0.15) is 0 Å². The zero-order valence-electron chi connectivity index (χ0n) is 29.3. The molecule has 3 saturated heterocycles. The van der Waals surface area contributed by atoms with Crippen LogP contribution in [0.5, 0.6) is 5.88 Å². The van der Waals surface area contributed by atoms with Crippen molar-refractivity contribution in [3.8, 4) is 17.3 Å². The van der Waals surface area contributed by atoms with Crippen LogP contribution in [0.1, 0.15) is 75.4 Å². The summed E-state index contributed by atoms with van der Waals surface area (Å²) in [6.45, 7) is 9.74. The van der Waals surface area contributed by atoms with Gasteiger partial charge in [0.25, 0.3) is 0 Å². The molecule has 12 heteroatoms. The first-order chi connectivity index (χ1) is 24.2. The van der Waals surface area contributed by atoms with Crippen molar-refractivity contribution in [1.29, 1.82) is 0 Å². The number of nitrogens with zero attached hydrogens (tertiary/aromatic N) is 6. The molecule has 3 aromatic rings. The van der Waals surface area contributed by atoms with E-state index in [0.29, 0.717) is 61.7 Å². The lowest BCUT2D eigenvalue weighted by Gasteiger charge is -2.38. The van der Waals surface area contributed by atoms with Gasteiger partial charge in [0, 0.05) is 63.0 Å². The maximum absolute atomic E-state index is 14.1. The maximum Gasteiger partial charge on any atom is 0.247 e. The third kappa shape index (κ3) is 6.44. The molecular weight excluding hydrogens is 632 g/mol. The van der Waals surface area contributed by atoms with Gasteiger partial charge in [-0.15, -0.1) is 10.2 Å². The number of fused-ring (bicyclic) bond motifs is 1. The van der Waals surface area contributed by atoms with Crippen molar-refractivity contribution in [2.24, 2.45) is 11.3 Å². The van der Waals surface area contributed by atoms with Gasteiger partial charge >= 0.3 is 0 Å². The number of hydrogen-bond acceptors (Lipinski definition) is 10. The third-order valence-corrected chi connectivity index (χ3v) is 11.6. The predicted molar refractivity (Wildman–Crippen MR) is 187 cm³/mol. The summed E-state index contributed by atoms with van der Waals surface area (Å²) in [5.41, 5.74) is 11.1. The largest absolute Gasteiger partial charge is 0.475 e. The molecule has 6 heterocycles. The molecule has 0 radical (unpaired) electrons. The Morgan fingerprint density at radius 3 is 2.58 bits per heavy atom. The van der Waals surface area contributed by atoms with E-state index in [-0.39, 0.29) is 29.5 Å². The second kappa shape index (κ2) is 13.5. The Morgan fingerprint density at radius 2 is 1.86 bits per heavy atom. The Kier molecular flexibility index (Phi) is 8.94. The van der Waals surface area contributed by atoms with Crippen molar-refractivity contribution < 1.29 is 18.7 Å². The highest BCUT2D eigenvalue weighted by Crippen LogP contribution is 2.45. The fourth-order valence-corrected chi connectivity index (χ4v) is 8.89. The van der Waals surface area contributed by atoms with Crippen LogP contribution in [-0.2, 0) is 9.59 Å². The van der Waals surface area contributed by atoms with E-state index in [0.717, 1.165) is 68.3 Å². The molecule has 1 aromatic carbocycles. The molecule has 2 N–H and O–H groups in total. The van der Waals surface area contributed by atoms with Gasteiger partial charge in [-0.3, -0.25) is 19.9 Å². The Labute approximate surface area is 293 Å². The summed E-state index contributed by atoms with van der Waals surface area (Å²) in [7, 11) is 0. The first kappa shape index (κ1) is 33.0. The van der Waals surface area contributed by atoms with Crippen LogP contribution in [0.2, 0.25) is 0 Å². The molecule has 4 fully saturated rings. The summed E-state index contributed by atoms with van der Waals surface area (Å²) in [5.74, 6) is 2.54. The maximum atomic E-state index is 14.1. The molecule has 12 nitrogen and oxygen atoms in total. The Hall–Kier alpha value is -4.13. The topological polar surface area (TPSA) is 129 Å². The molecule has 1 spiro atoms. The number of pyridine rings is 1. The number of benzene rings is 1. The minimum Gasteiger partial charge on any atom is -0.475 e. The van der Waals surface area contributed by atoms with Gasteiger partial charge in [0.1, 0.15) is 0 Å². The van der Waals surface area contributed by atoms with Crippen LogP contribution in [-0.4, -0.2) is 99.2 Å². The smallest absolute Gasteiger partial charge is 0.247 e. The Balaban J connectivity index is 0.840. The number of hydrogen-bond donors (Lipinski definition) is 2. The number of aryl methyl sites for hydroxylation is 1. The van der Waals surface area contributed by atoms with E-state index in [4.69, 9.17) is 9.15 Å². The molecule has 264 valence electrons. The summed E-state index contributed by atoms with van der Waals surface area (Å²) < 4.78 is 11.3. The van der Waals surface area contributed by atoms with E-state index in [1.807, 2.05) is 43.1 Å². The average molecular weight is 681 g/mol. The number of carbonyl (C=O) groups is 2. The number of rotatable bonds is 8. The number of hydrazine groups is 1. The normalized spacial score (nSPS) is 28.5. The highest BCUT2D eigenvalue weighted by atomic mass is 16.5. The first-order valence-electron chi connectivity index (χ1n) is 18.3. The quantitative estimate of drug-likeness (QED) is 0.358. The summed E-state index contributed by atoms with van der Waals surface area (Å²) in [6, 6.07) is 13.0. The summed E-state index contributed by atoms with van der Waals surface area (Å²) in [4.78, 5) is 38.5. The third-order valence-electron chi connectivity index (χ3n) is 11.6. The van der Waals surface area contributed by atoms with Crippen molar-refractivity contribution in [2.75, 3.05) is 39.3 Å². The van der Waals surface area contributed by atoms with Gasteiger partial charge in [-0.05, 0) is 93.7 Å². The molecule has 50 heavy (non-hydrogen) atoms. The Bertz CT molecular complexity index is 1740. The zero-order valence-corrected chi connectivity index (χ0v) is 29.3. The Morgan fingerprint density at radius 1 is 1.04 bits per heavy atom. The number of carbonyl (C=O) groups excluding carboxylic acids is 2. The summed E-state index contributed by atoms with van der Waals surface area (Å²) >= 11 is 0. The second-order valence-electron chi connectivity index (χ2n) is 15.1. The van der Waals surface area contributed by atoms with Gasteiger partial charge in [-0.1, -0.05) is 24.3 Å². The highest BCUT2D eigenvalue weighted by Gasteiger charge is 2.53. The molecule has 2 amide bonds. The summed E-state index contributed by atoms with van der Waals surface area (Å²) in [6.07, 6.45) is 9.71. The lowest BCUT2D eigenvalue weighted by atomic mass is 9.77. The average Bonchev–Trinajstić information content (AvgIpc) is 3.92. The van der Waals surface area contributed by atoms with E-state index in [2.05, 4.69) is 60.1 Å². The van der Waals surface area contributed by atoms with Crippen LogP contribution in [0.15, 0.2) is 53.1 Å². The molecule has 5 atom stereocenters. The van der Waals surface area contributed by atoms with Crippen molar-refractivity contribution in [3.05, 3.63) is 65.7 Å². The minimum absolute atomic E-state index is 0.0865. The zero-order chi connectivity index (χ0) is 34.4.